The first kappa shape index (κ1) is 22.5. The van der Waals surface area contributed by atoms with Crippen molar-refractivity contribution >= 4 is 17.6 Å². The van der Waals surface area contributed by atoms with Gasteiger partial charge in [0.05, 0.1) is 37.5 Å². The van der Waals surface area contributed by atoms with Gasteiger partial charge in [0, 0.05) is 5.56 Å². The number of Topliss-reactive ketones (excluding diaryl/α,β-unsaturated/α-hetero) is 1. The van der Waals surface area contributed by atoms with Gasteiger partial charge >= 0.3 is 0 Å². The summed E-state index contributed by atoms with van der Waals surface area (Å²) in [6.45, 7) is 2.67. The third-order valence-electron chi connectivity index (χ3n) is 4.60. The van der Waals surface area contributed by atoms with Gasteiger partial charge < -0.3 is 25.6 Å². The predicted molar refractivity (Wildman–Crippen MR) is 102 cm³/mol. The molecule has 0 aromatic heterocycles. The molecule has 156 valence electrons. The van der Waals surface area contributed by atoms with Crippen molar-refractivity contribution in [3.8, 4) is 6.07 Å². The minimum absolute atomic E-state index is 0.0645. The number of nitriles is 1. The Kier molecular flexibility index (Phi) is 7.45. The zero-order chi connectivity index (χ0) is 21.6. The number of nitrogens with zero attached hydrogens (tertiary/aromatic N) is 1. The van der Waals surface area contributed by atoms with Crippen LogP contribution in [0.2, 0.25) is 0 Å². The molecule has 1 unspecified atom stereocenters. The number of nitrogens with one attached hydrogen (secondary N) is 2. The van der Waals surface area contributed by atoms with Gasteiger partial charge in [0.15, 0.2) is 11.4 Å². The molecule has 2 amide bonds. The van der Waals surface area contributed by atoms with E-state index in [9.17, 15) is 24.6 Å². The fraction of sp³-hybridized carbons (Fsp3) is 0.500. The second kappa shape index (κ2) is 9.60. The van der Waals surface area contributed by atoms with E-state index in [-0.39, 0.29) is 23.7 Å². The van der Waals surface area contributed by atoms with Crippen LogP contribution >= 0.6 is 0 Å². The van der Waals surface area contributed by atoms with E-state index in [0.29, 0.717) is 6.42 Å². The topological polar surface area (TPSA) is 152 Å². The second-order valence-electron chi connectivity index (χ2n) is 7.40. The van der Waals surface area contributed by atoms with Gasteiger partial charge in [0.2, 0.25) is 5.91 Å². The largest absolute Gasteiger partial charge is 0.394 e. The van der Waals surface area contributed by atoms with Crippen LogP contribution in [0.5, 0.6) is 0 Å². The summed E-state index contributed by atoms with van der Waals surface area (Å²) in [5.41, 5.74) is -0.845. The van der Waals surface area contributed by atoms with Crippen molar-refractivity contribution in [1.29, 1.82) is 5.26 Å². The number of carbonyl (C=O) groups excluding carboxylic acids is 3. The minimum atomic E-state index is -1.29. The summed E-state index contributed by atoms with van der Waals surface area (Å²) in [4.78, 5) is 37.6. The Labute approximate surface area is 168 Å². The number of carbonyl (C=O) groups is 3. The van der Waals surface area contributed by atoms with E-state index in [0.717, 1.165) is 0 Å². The van der Waals surface area contributed by atoms with Crippen LogP contribution in [-0.2, 0) is 14.3 Å². The maximum Gasteiger partial charge on any atom is 0.252 e. The van der Waals surface area contributed by atoms with Gasteiger partial charge in [-0.15, -0.1) is 0 Å². The standard InChI is InChI=1S/C20H25N3O6/c1-12(2)6-15(17(26)20(10-25)11-29-20)22-19(28)16(9-24)23-18(27)14-5-3-4-13(7-14)8-21/h3-5,7,12,15-16,24-25H,6,9-11H2,1-2H3,(H,22,28)(H,23,27)/t15?,16-,20+/m0/s1. The normalized spacial score (nSPS) is 19.7. The molecule has 1 fully saturated rings. The molecule has 1 aromatic carbocycles. The zero-order valence-electron chi connectivity index (χ0n) is 16.3. The van der Waals surface area contributed by atoms with Crippen LogP contribution in [0, 0.1) is 17.2 Å². The van der Waals surface area contributed by atoms with Gasteiger partial charge in [-0.3, -0.25) is 14.4 Å². The summed E-state index contributed by atoms with van der Waals surface area (Å²) >= 11 is 0. The van der Waals surface area contributed by atoms with Crippen molar-refractivity contribution in [3.63, 3.8) is 0 Å². The summed E-state index contributed by atoms with van der Waals surface area (Å²) in [6.07, 6.45) is 0.312. The molecule has 1 heterocycles. The first-order chi connectivity index (χ1) is 13.8. The number of ketones is 1. The van der Waals surface area contributed by atoms with Gasteiger partial charge in [-0.05, 0) is 30.5 Å². The van der Waals surface area contributed by atoms with Crippen LogP contribution in [0.4, 0.5) is 0 Å². The molecule has 1 aromatic rings. The molecule has 3 atom stereocenters. The van der Waals surface area contributed by atoms with Crippen molar-refractivity contribution < 1.29 is 29.3 Å². The number of amides is 2. The number of epoxide rings is 1. The van der Waals surface area contributed by atoms with E-state index in [1.165, 1.54) is 24.3 Å². The Bertz CT molecular complexity index is 813. The number of aliphatic hydroxyl groups is 2. The molecular formula is C20H25N3O6. The highest BCUT2D eigenvalue weighted by molar-refractivity contribution is 6.00. The lowest BCUT2D eigenvalue weighted by molar-refractivity contribution is -0.133. The third kappa shape index (κ3) is 5.60. The number of benzene rings is 1. The zero-order valence-corrected chi connectivity index (χ0v) is 16.3. The third-order valence-corrected chi connectivity index (χ3v) is 4.60. The number of aliphatic hydroxyl groups excluding tert-OH is 2. The van der Waals surface area contributed by atoms with Crippen LogP contribution in [0.15, 0.2) is 24.3 Å². The van der Waals surface area contributed by atoms with Crippen molar-refractivity contribution in [2.75, 3.05) is 19.8 Å². The number of ether oxygens (including phenoxy) is 1. The van der Waals surface area contributed by atoms with Crippen LogP contribution in [-0.4, -0.2) is 65.3 Å². The SMILES string of the molecule is CC(C)CC(NC(=O)[C@H](CO)NC(=O)c1cccc(C#N)c1)C(=O)[C@@]1(CO)CO1. The second-order valence-corrected chi connectivity index (χ2v) is 7.40. The fourth-order valence-electron chi connectivity index (χ4n) is 2.86. The van der Waals surface area contributed by atoms with Gasteiger partial charge in [0.25, 0.3) is 5.91 Å². The summed E-state index contributed by atoms with van der Waals surface area (Å²) < 4.78 is 5.09. The highest BCUT2D eigenvalue weighted by Gasteiger charge is 2.54. The Morgan fingerprint density at radius 3 is 2.45 bits per heavy atom. The monoisotopic (exact) mass is 403 g/mol. The van der Waals surface area contributed by atoms with Crippen molar-refractivity contribution in [2.24, 2.45) is 5.92 Å². The molecule has 1 aliphatic rings. The molecule has 1 aliphatic heterocycles. The van der Waals surface area contributed by atoms with Crippen LogP contribution in [0.3, 0.4) is 0 Å². The summed E-state index contributed by atoms with van der Waals surface area (Å²) in [5, 5.41) is 32.9. The number of hydrogen-bond donors (Lipinski definition) is 4. The molecule has 4 N–H and O–H groups in total. The van der Waals surface area contributed by atoms with E-state index < -0.39 is 48.5 Å². The van der Waals surface area contributed by atoms with Crippen molar-refractivity contribution in [3.05, 3.63) is 35.4 Å². The van der Waals surface area contributed by atoms with E-state index >= 15 is 0 Å². The first-order valence-electron chi connectivity index (χ1n) is 9.27. The highest BCUT2D eigenvalue weighted by atomic mass is 16.6. The van der Waals surface area contributed by atoms with Gasteiger partial charge in [-0.1, -0.05) is 19.9 Å². The lowest BCUT2D eigenvalue weighted by Gasteiger charge is -2.24. The number of rotatable bonds is 10. The Balaban J connectivity index is 2.08. The van der Waals surface area contributed by atoms with Crippen LogP contribution in [0.1, 0.15) is 36.2 Å². The van der Waals surface area contributed by atoms with Crippen molar-refractivity contribution in [2.45, 2.75) is 38.0 Å². The van der Waals surface area contributed by atoms with E-state index in [1.807, 2.05) is 19.9 Å². The lowest BCUT2D eigenvalue weighted by atomic mass is 9.92. The first-order valence-corrected chi connectivity index (χ1v) is 9.27. The molecule has 9 nitrogen and oxygen atoms in total. The molecular weight excluding hydrogens is 378 g/mol. The molecule has 0 spiro atoms. The molecule has 1 saturated heterocycles. The maximum absolute atomic E-state index is 12.7. The van der Waals surface area contributed by atoms with Gasteiger partial charge in [-0.2, -0.15) is 5.26 Å². The number of hydrogen-bond acceptors (Lipinski definition) is 7. The minimum Gasteiger partial charge on any atom is -0.394 e. The molecule has 9 heteroatoms. The Morgan fingerprint density at radius 2 is 1.93 bits per heavy atom. The van der Waals surface area contributed by atoms with Crippen LogP contribution < -0.4 is 10.6 Å². The summed E-state index contributed by atoms with van der Waals surface area (Å²) in [5.74, 6) is -1.74. The Hall–Kier alpha value is -2.80. The summed E-state index contributed by atoms with van der Waals surface area (Å²) in [7, 11) is 0. The molecule has 29 heavy (non-hydrogen) atoms. The molecule has 2 rings (SSSR count). The maximum atomic E-state index is 12.7. The quantitative estimate of drug-likeness (QED) is 0.385. The van der Waals surface area contributed by atoms with E-state index in [4.69, 9.17) is 10.00 Å². The van der Waals surface area contributed by atoms with E-state index in [1.54, 1.807) is 0 Å². The molecule has 0 bridgehead atoms. The summed E-state index contributed by atoms with van der Waals surface area (Å²) in [6, 6.07) is 5.60. The smallest absolute Gasteiger partial charge is 0.252 e. The molecule has 0 saturated carbocycles. The predicted octanol–water partition coefficient (Wildman–Crippen LogP) is -0.490. The van der Waals surface area contributed by atoms with Crippen LogP contribution in [0.25, 0.3) is 0 Å². The molecule has 0 radical (unpaired) electrons. The van der Waals surface area contributed by atoms with Gasteiger partial charge in [-0.25, -0.2) is 0 Å². The van der Waals surface area contributed by atoms with E-state index in [2.05, 4.69) is 10.6 Å². The van der Waals surface area contributed by atoms with Gasteiger partial charge in [0.1, 0.15) is 6.04 Å². The molecule has 0 aliphatic carbocycles. The van der Waals surface area contributed by atoms with Crippen molar-refractivity contribution in [1.82, 2.24) is 10.6 Å². The highest BCUT2D eigenvalue weighted by Crippen LogP contribution is 2.30. The lowest BCUT2D eigenvalue weighted by Crippen LogP contribution is -2.55. The Morgan fingerprint density at radius 1 is 1.24 bits per heavy atom. The average molecular weight is 403 g/mol. The average Bonchev–Trinajstić information content (AvgIpc) is 3.51. The fourth-order valence-corrected chi connectivity index (χ4v) is 2.86.